The first-order valence-corrected chi connectivity index (χ1v) is 17.3. The summed E-state index contributed by atoms with van der Waals surface area (Å²) in [6.45, 7) is 9.16. The molecule has 3 aromatic carbocycles. The monoisotopic (exact) mass is 639 g/mol. The molecular formula is C39H49N3O5. The summed E-state index contributed by atoms with van der Waals surface area (Å²) in [6.07, 6.45) is 7.11. The second-order valence-electron chi connectivity index (χ2n) is 14.3. The number of hydrogen-bond donors (Lipinski definition) is 1. The Labute approximate surface area is 279 Å². The number of fused-ring (bicyclic) bond motifs is 1. The van der Waals surface area contributed by atoms with E-state index in [9.17, 15) is 9.59 Å². The minimum atomic E-state index is -0.720. The first-order valence-electron chi connectivity index (χ1n) is 17.3. The third kappa shape index (κ3) is 6.65. The van der Waals surface area contributed by atoms with Crippen molar-refractivity contribution in [2.75, 3.05) is 23.8 Å². The van der Waals surface area contributed by atoms with Gasteiger partial charge in [0.25, 0.3) is 0 Å². The quantitative estimate of drug-likeness (QED) is 0.195. The van der Waals surface area contributed by atoms with Crippen molar-refractivity contribution in [2.24, 2.45) is 5.92 Å². The van der Waals surface area contributed by atoms with Crippen molar-refractivity contribution in [1.29, 1.82) is 0 Å². The molecule has 3 atom stereocenters. The van der Waals surface area contributed by atoms with Crippen molar-refractivity contribution in [3.8, 4) is 5.75 Å². The van der Waals surface area contributed by atoms with E-state index in [4.69, 9.17) is 19.9 Å². The number of nitrogens with zero attached hydrogens (tertiary/aromatic N) is 2. The van der Waals surface area contributed by atoms with Crippen LogP contribution >= 0.6 is 0 Å². The van der Waals surface area contributed by atoms with Crippen LogP contribution in [0.4, 0.5) is 26.7 Å². The van der Waals surface area contributed by atoms with Gasteiger partial charge in [-0.2, -0.15) is 0 Å². The Hall–Kier alpha value is -4.20. The van der Waals surface area contributed by atoms with E-state index in [1.165, 1.54) is 5.56 Å². The number of unbranched alkanes of at least 4 members (excludes halogenated alkanes) is 1. The fourth-order valence-electron chi connectivity index (χ4n) is 8.00. The van der Waals surface area contributed by atoms with Crippen LogP contribution in [0.5, 0.6) is 5.75 Å². The number of carbonyl (C=O) groups is 2. The van der Waals surface area contributed by atoms with Gasteiger partial charge in [0, 0.05) is 18.0 Å². The molecule has 6 rings (SSSR count). The molecule has 0 radical (unpaired) electrons. The lowest BCUT2D eigenvalue weighted by atomic mass is 9.52. The van der Waals surface area contributed by atoms with Crippen molar-refractivity contribution in [3.63, 3.8) is 0 Å². The van der Waals surface area contributed by atoms with E-state index in [2.05, 4.69) is 19.1 Å². The van der Waals surface area contributed by atoms with E-state index in [1.807, 2.05) is 74.2 Å². The molecule has 8 heteroatoms. The van der Waals surface area contributed by atoms with E-state index in [0.717, 1.165) is 56.1 Å². The lowest BCUT2D eigenvalue weighted by Gasteiger charge is -2.58. The zero-order chi connectivity index (χ0) is 33.2. The Kier molecular flexibility index (Phi) is 9.40. The topological polar surface area (TPSA) is 94.3 Å². The third-order valence-corrected chi connectivity index (χ3v) is 10.1. The number of benzene rings is 3. The van der Waals surface area contributed by atoms with E-state index < -0.39 is 11.7 Å². The van der Waals surface area contributed by atoms with E-state index in [-0.39, 0.29) is 24.2 Å². The summed E-state index contributed by atoms with van der Waals surface area (Å²) in [5, 5.41) is 0. The Bertz CT molecular complexity index is 1590. The van der Waals surface area contributed by atoms with Crippen molar-refractivity contribution >= 4 is 29.2 Å². The van der Waals surface area contributed by atoms with E-state index in [0.29, 0.717) is 48.3 Å². The minimum absolute atomic E-state index is 0.0105. The van der Waals surface area contributed by atoms with Gasteiger partial charge in [-0.05, 0) is 99.7 Å². The molecule has 8 nitrogen and oxygen atoms in total. The van der Waals surface area contributed by atoms with Crippen LogP contribution in [0.15, 0.2) is 66.7 Å². The summed E-state index contributed by atoms with van der Waals surface area (Å²) >= 11 is 0. The first kappa shape index (κ1) is 32.7. The van der Waals surface area contributed by atoms with Crippen LogP contribution in [-0.4, -0.2) is 41.9 Å². The molecule has 2 N–H and O–H groups in total. The van der Waals surface area contributed by atoms with Gasteiger partial charge in [0.1, 0.15) is 18.0 Å². The summed E-state index contributed by atoms with van der Waals surface area (Å²) in [5.41, 5.74) is 10.7. The molecule has 1 saturated carbocycles. The average molecular weight is 640 g/mol. The Morgan fingerprint density at radius 2 is 1.77 bits per heavy atom. The largest absolute Gasteiger partial charge is 0.491 e. The van der Waals surface area contributed by atoms with Gasteiger partial charge in [0.2, 0.25) is 0 Å². The maximum Gasteiger partial charge on any atom is 0.419 e. The van der Waals surface area contributed by atoms with Gasteiger partial charge in [-0.1, -0.05) is 68.7 Å². The van der Waals surface area contributed by atoms with Gasteiger partial charge in [0.05, 0.1) is 23.7 Å². The van der Waals surface area contributed by atoms with Crippen molar-refractivity contribution in [2.45, 2.75) is 103 Å². The fraction of sp³-hybridized carbons (Fsp3) is 0.487. The molecule has 0 unspecified atom stereocenters. The van der Waals surface area contributed by atoms with Crippen LogP contribution in [0.25, 0.3) is 0 Å². The van der Waals surface area contributed by atoms with Crippen LogP contribution in [0.1, 0.15) is 89.3 Å². The summed E-state index contributed by atoms with van der Waals surface area (Å²) in [5.74, 6) is 0.996. The second kappa shape index (κ2) is 13.5. The normalized spacial score (nSPS) is 21.7. The maximum absolute atomic E-state index is 14.0. The summed E-state index contributed by atoms with van der Waals surface area (Å²) in [7, 11) is 0. The van der Waals surface area contributed by atoms with Crippen LogP contribution < -0.4 is 15.4 Å². The highest BCUT2D eigenvalue weighted by Crippen LogP contribution is 2.57. The molecule has 2 amide bonds. The molecule has 47 heavy (non-hydrogen) atoms. The third-order valence-electron chi connectivity index (χ3n) is 10.1. The van der Waals surface area contributed by atoms with Gasteiger partial charge in [-0.3, -0.25) is 0 Å². The summed E-state index contributed by atoms with van der Waals surface area (Å²) < 4.78 is 18.4. The zero-order valence-corrected chi connectivity index (χ0v) is 28.3. The molecular weight excluding hydrogens is 590 g/mol. The molecule has 0 aromatic heterocycles. The molecule has 3 aliphatic rings. The van der Waals surface area contributed by atoms with E-state index in [1.54, 1.807) is 11.0 Å². The highest BCUT2D eigenvalue weighted by molar-refractivity contribution is 6.01. The molecule has 3 aromatic rings. The van der Waals surface area contributed by atoms with Gasteiger partial charge in [0.15, 0.2) is 0 Å². The number of nitrogen functional groups attached to an aromatic ring is 1. The number of rotatable bonds is 8. The van der Waals surface area contributed by atoms with Gasteiger partial charge >= 0.3 is 12.2 Å². The number of carbonyl (C=O) groups excluding carboxylic acids is 2. The van der Waals surface area contributed by atoms with Crippen LogP contribution in [-0.2, 0) is 27.9 Å². The lowest BCUT2D eigenvalue weighted by molar-refractivity contribution is -0.0137. The molecule has 0 spiro atoms. The SMILES string of the molecule is CCCCOc1cc2c(cc1N(C(=O)OC(C)(C)C)c1ccccc1N)C[C@H]1[C@H]3CCCC[C@@]23CCN1C(=O)OCc1ccccc1. The highest BCUT2D eigenvalue weighted by Gasteiger charge is 2.55. The van der Waals surface area contributed by atoms with Crippen LogP contribution in [0.3, 0.4) is 0 Å². The molecule has 250 valence electrons. The predicted octanol–water partition coefficient (Wildman–Crippen LogP) is 8.92. The van der Waals surface area contributed by atoms with Crippen LogP contribution in [0.2, 0.25) is 0 Å². The zero-order valence-electron chi connectivity index (χ0n) is 28.3. The van der Waals surface area contributed by atoms with Gasteiger partial charge in [-0.15, -0.1) is 0 Å². The first-order chi connectivity index (χ1) is 22.6. The Balaban J connectivity index is 1.43. The smallest absolute Gasteiger partial charge is 0.419 e. The number of likely N-dealkylation sites (tertiary alicyclic amines) is 1. The maximum atomic E-state index is 14.0. The molecule has 2 aliphatic carbocycles. The molecule has 2 fully saturated rings. The summed E-state index contributed by atoms with van der Waals surface area (Å²) in [4.78, 5) is 31.3. The van der Waals surface area contributed by atoms with Crippen LogP contribution in [0, 0.1) is 5.92 Å². The fourth-order valence-corrected chi connectivity index (χ4v) is 8.00. The minimum Gasteiger partial charge on any atom is -0.491 e. The lowest BCUT2D eigenvalue weighted by Crippen LogP contribution is -2.62. The predicted molar refractivity (Wildman–Crippen MR) is 185 cm³/mol. The number of anilines is 3. The van der Waals surface area contributed by atoms with Crippen molar-refractivity contribution in [1.82, 2.24) is 4.90 Å². The van der Waals surface area contributed by atoms with Gasteiger partial charge < -0.3 is 24.8 Å². The standard InChI is InChI=1S/C39H49N3O5/c1-5-6-22-45-35-25-30-28(24-34(35)42(37(44)47-38(2,3)4)32-18-11-10-17-31(32)40)23-33-29-16-12-13-19-39(29,30)20-21-41(33)36(43)46-26-27-14-8-7-9-15-27/h7-11,14-15,17-18,24-25,29,33H,5-6,12-13,16,19-23,26,40H2,1-4H3/t29-,33+,39+/m1/s1. The number of piperidine rings is 1. The van der Waals surface area contributed by atoms with Gasteiger partial charge in [-0.25, -0.2) is 14.5 Å². The Morgan fingerprint density at radius 3 is 2.51 bits per heavy atom. The number of para-hydroxylation sites is 2. The number of hydrogen-bond acceptors (Lipinski definition) is 6. The number of ether oxygens (including phenoxy) is 3. The second-order valence-corrected chi connectivity index (χ2v) is 14.3. The average Bonchev–Trinajstić information content (AvgIpc) is 3.05. The Morgan fingerprint density at radius 1 is 1.00 bits per heavy atom. The molecule has 1 heterocycles. The van der Waals surface area contributed by atoms with E-state index >= 15 is 0 Å². The molecule has 2 bridgehead atoms. The molecule has 1 saturated heterocycles. The van der Waals surface area contributed by atoms with Crippen molar-refractivity contribution in [3.05, 3.63) is 83.4 Å². The number of amides is 2. The highest BCUT2D eigenvalue weighted by atomic mass is 16.6. The summed E-state index contributed by atoms with van der Waals surface area (Å²) in [6, 6.07) is 21.5. The van der Waals surface area contributed by atoms with Crippen molar-refractivity contribution < 1.29 is 23.8 Å². The number of nitrogens with two attached hydrogens (primary N) is 1. The molecule has 1 aliphatic heterocycles.